The predicted octanol–water partition coefficient (Wildman–Crippen LogP) is 3.89. The summed E-state index contributed by atoms with van der Waals surface area (Å²) in [6.45, 7) is 4.02. The third-order valence-electron chi connectivity index (χ3n) is 5.51. The predicted molar refractivity (Wildman–Crippen MR) is 112 cm³/mol. The maximum atomic E-state index is 13.1. The number of carbonyl (C=O) groups is 3. The van der Waals surface area contributed by atoms with E-state index in [2.05, 4.69) is 12.2 Å². The largest absolute Gasteiger partial charge is 0.332 e. The Balaban J connectivity index is 1.51. The summed E-state index contributed by atoms with van der Waals surface area (Å²) in [4.78, 5) is 41.5. The quantitative estimate of drug-likeness (QED) is 0.760. The van der Waals surface area contributed by atoms with Crippen molar-refractivity contribution in [3.8, 4) is 0 Å². The molecular formula is C23H25N3O3. The maximum Gasteiger partial charge on any atom is 0.332 e. The first-order valence-electron chi connectivity index (χ1n) is 10.1. The second-order valence-corrected chi connectivity index (χ2v) is 7.75. The van der Waals surface area contributed by atoms with Crippen LogP contribution in [0.5, 0.6) is 0 Å². The summed E-state index contributed by atoms with van der Waals surface area (Å²) in [5, 5.41) is 2.85. The fourth-order valence-corrected chi connectivity index (χ4v) is 3.70. The third-order valence-corrected chi connectivity index (χ3v) is 5.51. The molecule has 1 aliphatic carbocycles. The molecule has 1 saturated heterocycles. The smallest absolute Gasteiger partial charge is 0.326 e. The molecular weight excluding hydrogens is 366 g/mol. The van der Waals surface area contributed by atoms with Crippen molar-refractivity contribution in [3.05, 3.63) is 59.7 Å². The van der Waals surface area contributed by atoms with E-state index in [1.54, 1.807) is 17.0 Å². The number of hydrogen-bond donors (Lipinski definition) is 1. The van der Waals surface area contributed by atoms with Crippen LogP contribution in [-0.2, 0) is 16.0 Å². The van der Waals surface area contributed by atoms with Crippen LogP contribution in [0.4, 0.5) is 16.2 Å². The first-order valence-corrected chi connectivity index (χ1v) is 10.1. The Morgan fingerprint density at radius 2 is 1.69 bits per heavy atom. The molecule has 4 amide bonds. The van der Waals surface area contributed by atoms with Gasteiger partial charge in [-0.3, -0.25) is 9.59 Å². The molecule has 0 spiro atoms. The van der Waals surface area contributed by atoms with Gasteiger partial charge in [-0.2, -0.15) is 0 Å². The minimum absolute atomic E-state index is 0.0427. The maximum absolute atomic E-state index is 13.1. The second kappa shape index (κ2) is 7.70. The number of aryl methyl sites for hydroxylation is 2. The Morgan fingerprint density at radius 3 is 2.28 bits per heavy atom. The molecule has 2 aromatic carbocycles. The van der Waals surface area contributed by atoms with Gasteiger partial charge in [0.05, 0.1) is 12.1 Å². The minimum Gasteiger partial charge on any atom is -0.326 e. The molecule has 1 aliphatic heterocycles. The lowest BCUT2D eigenvalue weighted by atomic mass is 10.1. The number of benzene rings is 2. The van der Waals surface area contributed by atoms with Crippen LogP contribution in [0.2, 0.25) is 0 Å². The Labute approximate surface area is 170 Å². The van der Waals surface area contributed by atoms with Gasteiger partial charge in [0.15, 0.2) is 0 Å². The van der Waals surface area contributed by atoms with E-state index in [9.17, 15) is 14.4 Å². The van der Waals surface area contributed by atoms with E-state index in [4.69, 9.17) is 0 Å². The van der Waals surface area contributed by atoms with Gasteiger partial charge in [0.25, 0.3) is 5.91 Å². The standard InChI is InChI=1S/C23H25N3O3/c1-3-16-6-8-17(9-7-16)24-21(27)14-20-22(28)26(19-10-4-15(2)5-11-19)23(29)25(20)18-12-13-18/h4-11,18,20H,3,12-14H2,1-2H3,(H,24,27)/t20-/m0/s1. The molecule has 0 bridgehead atoms. The molecule has 1 heterocycles. The van der Waals surface area contributed by atoms with E-state index in [0.717, 1.165) is 24.8 Å². The highest BCUT2D eigenvalue weighted by Gasteiger charge is 2.51. The fourth-order valence-electron chi connectivity index (χ4n) is 3.70. The normalized spacial score (nSPS) is 19.0. The van der Waals surface area contributed by atoms with Crippen molar-refractivity contribution in [2.75, 3.05) is 10.2 Å². The van der Waals surface area contributed by atoms with Gasteiger partial charge in [-0.05, 0) is 56.0 Å². The third kappa shape index (κ3) is 3.88. The first kappa shape index (κ1) is 19.2. The van der Waals surface area contributed by atoms with Crippen LogP contribution >= 0.6 is 0 Å². The average molecular weight is 391 g/mol. The van der Waals surface area contributed by atoms with Crippen molar-refractivity contribution in [1.29, 1.82) is 0 Å². The van der Waals surface area contributed by atoms with Gasteiger partial charge in [0.2, 0.25) is 5.91 Å². The summed E-state index contributed by atoms with van der Waals surface area (Å²) >= 11 is 0. The van der Waals surface area contributed by atoms with E-state index in [1.165, 1.54) is 10.5 Å². The molecule has 0 aromatic heterocycles. The summed E-state index contributed by atoms with van der Waals surface area (Å²) < 4.78 is 0. The molecule has 6 nitrogen and oxygen atoms in total. The number of urea groups is 1. The van der Waals surface area contributed by atoms with Crippen LogP contribution in [0.15, 0.2) is 48.5 Å². The molecule has 1 N–H and O–H groups in total. The van der Waals surface area contributed by atoms with Crippen molar-refractivity contribution in [2.45, 2.75) is 51.6 Å². The fraction of sp³-hybridized carbons (Fsp3) is 0.348. The Bertz CT molecular complexity index is 933. The molecule has 6 heteroatoms. The highest BCUT2D eigenvalue weighted by Crippen LogP contribution is 2.36. The van der Waals surface area contributed by atoms with Gasteiger partial charge in [0, 0.05) is 11.7 Å². The van der Waals surface area contributed by atoms with Gasteiger partial charge in [-0.15, -0.1) is 0 Å². The van der Waals surface area contributed by atoms with E-state index in [-0.39, 0.29) is 30.3 Å². The summed E-state index contributed by atoms with van der Waals surface area (Å²) in [5.74, 6) is -0.598. The highest BCUT2D eigenvalue weighted by molar-refractivity contribution is 6.22. The lowest BCUT2D eigenvalue weighted by Gasteiger charge is -2.21. The van der Waals surface area contributed by atoms with Gasteiger partial charge >= 0.3 is 6.03 Å². The van der Waals surface area contributed by atoms with Crippen LogP contribution in [0.3, 0.4) is 0 Å². The number of nitrogens with one attached hydrogen (secondary N) is 1. The topological polar surface area (TPSA) is 69.7 Å². The zero-order valence-electron chi connectivity index (χ0n) is 16.7. The first-order chi connectivity index (χ1) is 14.0. The SMILES string of the molecule is CCc1ccc(NC(=O)C[C@H]2C(=O)N(c3ccc(C)cc3)C(=O)N2C2CC2)cc1. The number of nitrogens with zero attached hydrogens (tertiary/aromatic N) is 2. The number of anilines is 2. The van der Waals surface area contributed by atoms with Crippen LogP contribution in [0, 0.1) is 6.92 Å². The summed E-state index contributed by atoms with van der Waals surface area (Å²) in [6.07, 6.45) is 2.63. The van der Waals surface area contributed by atoms with Crippen molar-refractivity contribution >= 4 is 29.2 Å². The average Bonchev–Trinajstić information content (AvgIpc) is 3.51. The summed E-state index contributed by atoms with van der Waals surface area (Å²) in [5.41, 5.74) is 3.48. The van der Waals surface area contributed by atoms with Crippen molar-refractivity contribution in [1.82, 2.24) is 4.90 Å². The number of amides is 4. The van der Waals surface area contributed by atoms with Gasteiger partial charge in [-0.1, -0.05) is 36.8 Å². The van der Waals surface area contributed by atoms with Crippen LogP contribution < -0.4 is 10.2 Å². The van der Waals surface area contributed by atoms with E-state index >= 15 is 0 Å². The molecule has 150 valence electrons. The summed E-state index contributed by atoms with van der Waals surface area (Å²) in [7, 11) is 0. The molecule has 1 atom stereocenters. The monoisotopic (exact) mass is 391 g/mol. The van der Waals surface area contributed by atoms with Crippen molar-refractivity contribution in [3.63, 3.8) is 0 Å². The van der Waals surface area contributed by atoms with Crippen molar-refractivity contribution < 1.29 is 14.4 Å². The van der Waals surface area contributed by atoms with Crippen LogP contribution in [-0.4, -0.2) is 34.8 Å². The lowest BCUT2D eigenvalue weighted by Crippen LogP contribution is -2.39. The van der Waals surface area contributed by atoms with Crippen LogP contribution in [0.1, 0.15) is 37.3 Å². The molecule has 4 rings (SSSR count). The molecule has 1 saturated carbocycles. The second-order valence-electron chi connectivity index (χ2n) is 7.75. The van der Waals surface area contributed by atoms with E-state index in [1.807, 2.05) is 43.3 Å². The van der Waals surface area contributed by atoms with Crippen LogP contribution in [0.25, 0.3) is 0 Å². The van der Waals surface area contributed by atoms with E-state index < -0.39 is 6.04 Å². The molecule has 0 unspecified atom stereocenters. The molecule has 2 fully saturated rings. The molecule has 0 radical (unpaired) electrons. The van der Waals surface area contributed by atoms with Gasteiger partial charge < -0.3 is 10.2 Å². The highest BCUT2D eigenvalue weighted by atomic mass is 16.2. The molecule has 2 aromatic rings. The van der Waals surface area contributed by atoms with E-state index in [0.29, 0.717) is 11.4 Å². The number of hydrogen-bond acceptors (Lipinski definition) is 3. The van der Waals surface area contributed by atoms with Gasteiger partial charge in [0.1, 0.15) is 6.04 Å². The Morgan fingerprint density at radius 1 is 1.03 bits per heavy atom. The zero-order valence-corrected chi connectivity index (χ0v) is 16.7. The summed E-state index contributed by atoms with van der Waals surface area (Å²) in [6, 6.07) is 13.9. The number of carbonyl (C=O) groups excluding carboxylic acids is 3. The number of imide groups is 1. The van der Waals surface area contributed by atoms with Gasteiger partial charge in [-0.25, -0.2) is 9.69 Å². The zero-order chi connectivity index (χ0) is 20.5. The molecule has 29 heavy (non-hydrogen) atoms. The lowest BCUT2D eigenvalue weighted by molar-refractivity contribution is -0.124. The molecule has 2 aliphatic rings. The van der Waals surface area contributed by atoms with Crippen molar-refractivity contribution in [2.24, 2.45) is 0 Å². The minimum atomic E-state index is -0.758. The number of rotatable bonds is 6. The Hall–Kier alpha value is -3.15. The Kier molecular flexibility index (Phi) is 5.09.